The number of carbonyl (C=O) groups excluding carboxylic acids is 1. The standard InChI is InChI=1S/C24H33ClO6/c1-17(2)31-24(28)11-6-4-3-5-10-23-21(22(27)16-30-23)13-12-19(26)15-29-20-9-7-8-18(25)14-20/h3,5,7-9,12-14,17,19,21-23,26-27H,4,6,10-11,15-16H2,1-2H3/b5-3-,13-12+/t19-,21+,22-,23-/m1/s1. The zero-order valence-corrected chi connectivity index (χ0v) is 18.9. The molecule has 0 unspecified atom stereocenters. The van der Waals surface area contributed by atoms with Gasteiger partial charge < -0.3 is 24.4 Å². The van der Waals surface area contributed by atoms with Crippen molar-refractivity contribution >= 4 is 17.6 Å². The van der Waals surface area contributed by atoms with Gasteiger partial charge in [-0.05, 0) is 51.3 Å². The number of carbonyl (C=O) groups is 1. The molecule has 2 rings (SSSR count). The number of aliphatic hydroxyl groups excluding tert-OH is 2. The molecule has 7 heteroatoms. The van der Waals surface area contributed by atoms with E-state index in [9.17, 15) is 15.0 Å². The van der Waals surface area contributed by atoms with E-state index in [-0.39, 0.29) is 37.3 Å². The second-order valence-corrected chi connectivity index (χ2v) is 8.31. The Kier molecular flexibility index (Phi) is 11.1. The van der Waals surface area contributed by atoms with Crippen LogP contribution in [0.1, 0.15) is 39.5 Å². The van der Waals surface area contributed by atoms with Gasteiger partial charge in [0.2, 0.25) is 0 Å². The molecule has 1 aliphatic heterocycles. The summed E-state index contributed by atoms with van der Waals surface area (Å²) in [5.41, 5.74) is 0. The molecule has 172 valence electrons. The van der Waals surface area contributed by atoms with Crippen molar-refractivity contribution in [3.63, 3.8) is 0 Å². The van der Waals surface area contributed by atoms with Crippen LogP contribution in [-0.4, -0.2) is 53.8 Å². The summed E-state index contributed by atoms with van der Waals surface area (Å²) in [7, 11) is 0. The Balaban J connectivity index is 1.72. The van der Waals surface area contributed by atoms with E-state index >= 15 is 0 Å². The number of esters is 1. The van der Waals surface area contributed by atoms with E-state index in [2.05, 4.69) is 0 Å². The molecule has 2 N–H and O–H groups in total. The summed E-state index contributed by atoms with van der Waals surface area (Å²) in [6, 6.07) is 6.98. The van der Waals surface area contributed by atoms with Gasteiger partial charge in [0.25, 0.3) is 0 Å². The smallest absolute Gasteiger partial charge is 0.306 e. The van der Waals surface area contributed by atoms with Crippen molar-refractivity contribution < 1.29 is 29.2 Å². The van der Waals surface area contributed by atoms with Crippen LogP contribution in [0, 0.1) is 5.92 Å². The lowest BCUT2D eigenvalue weighted by atomic mass is 9.95. The van der Waals surface area contributed by atoms with Crippen LogP contribution in [0.3, 0.4) is 0 Å². The maximum atomic E-state index is 11.5. The third kappa shape index (κ3) is 9.87. The van der Waals surface area contributed by atoms with Crippen molar-refractivity contribution in [1.82, 2.24) is 0 Å². The highest BCUT2D eigenvalue weighted by Crippen LogP contribution is 2.26. The predicted molar refractivity (Wildman–Crippen MR) is 120 cm³/mol. The molecule has 4 atom stereocenters. The number of benzene rings is 1. The Morgan fingerprint density at radius 3 is 2.90 bits per heavy atom. The van der Waals surface area contributed by atoms with Crippen molar-refractivity contribution in [2.75, 3.05) is 13.2 Å². The van der Waals surface area contributed by atoms with Gasteiger partial charge in [-0.1, -0.05) is 42.0 Å². The molecule has 0 spiro atoms. The van der Waals surface area contributed by atoms with Crippen molar-refractivity contribution in [3.8, 4) is 5.75 Å². The highest BCUT2D eigenvalue weighted by atomic mass is 35.5. The van der Waals surface area contributed by atoms with E-state index in [0.29, 0.717) is 23.6 Å². The minimum atomic E-state index is -0.812. The van der Waals surface area contributed by atoms with Crippen molar-refractivity contribution in [2.45, 2.75) is 63.9 Å². The average Bonchev–Trinajstić information content (AvgIpc) is 3.06. The Labute approximate surface area is 189 Å². The Hall–Kier alpha value is -1.86. The Morgan fingerprint density at radius 1 is 1.35 bits per heavy atom. The molecule has 31 heavy (non-hydrogen) atoms. The van der Waals surface area contributed by atoms with Crippen LogP contribution in [-0.2, 0) is 14.3 Å². The summed E-state index contributed by atoms with van der Waals surface area (Å²) in [4.78, 5) is 11.5. The van der Waals surface area contributed by atoms with E-state index in [0.717, 1.165) is 12.8 Å². The molecular weight excluding hydrogens is 420 g/mol. The van der Waals surface area contributed by atoms with Crippen molar-refractivity contribution in [2.24, 2.45) is 5.92 Å². The maximum Gasteiger partial charge on any atom is 0.306 e. The Bertz CT molecular complexity index is 733. The molecule has 0 radical (unpaired) electrons. The van der Waals surface area contributed by atoms with Gasteiger partial charge in [-0.15, -0.1) is 0 Å². The second kappa shape index (κ2) is 13.5. The number of aliphatic hydroxyl groups is 2. The van der Waals surface area contributed by atoms with E-state index < -0.39 is 12.2 Å². The van der Waals surface area contributed by atoms with Gasteiger partial charge in [0, 0.05) is 17.4 Å². The van der Waals surface area contributed by atoms with Crippen LogP contribution < -0.4 is 4.74 Å². The predicted octanol–water partition coefficient (Wildman–Crippen LogP) is 4.08. The van der Waals surface area contributed by atoms with Crippen LogP contribution in [0.25, 0.3) is 0 Å². The van der Waals surface area contributed by atoms with E-state index in [4.69, 9.17) is 25.8 Å². The van der Waals surface area contributed by atoms with E-state index in [1.165, 1.54) is 0 Å². The molecule has 0 bridgehead atoms. The first-order chi connectivity index (χ1) is 14.8. The SMILES string of the molecule is CC(C)OC(=O)CCC/C=C\C[C@H]1OC[C@@H](O)[C@@H]1/C=C/[C@@H](O)COc1cccc(Cl)c1. The van der Waals surface area contributed by atoms with Crippen LogP contribution in [0.2, 0.25) is 5.02 Å². The molecule has 1 heterocycles. The fraction of sp³-hybridized carbons (Fsp3) is 0.542. The summed E-state index contributed by atoms with van der Waals surface area (Å²) < 4.78 is 16.3. The highest BCUT2D eigenvalue weighted by Gasteiger charge is 2.33. The quantitative estimate of drug-likeness (QED) is 0.282. The summed E-state index contributed by atoms with van der Waals surface area (Å²) in [5, 5.41) is 20.9. The molecule has 0 saturated carbocycles. The molecule has 1 fully saturated rings. The number of unbranched alkanes of at least 4 members (excludes halogenated alkanes) is 1. The maximum absolute atomic E-state index is 11.5. The highest BCUT2D eigenvalue weighted by molar-refractivity contribution is 6.30. The van der Waals surface area contributed by atoms with Gasteiger partial charge in [0.15, 0.2) is 0 Å². The van der Waals surface area contributed by atoms with E-state index in [1.807, 2.05) is 26.0 Å². The van der Waals surface area contributed by atoms with E-state index in [1.54, 1.807) is 36.4 Å². The van der Waals surface area contributed by atoms with Gasteiger partial charge in [-0.2, -0.15) is 0 Å². The first kappa shape index (κ1) is 25.4. The number of halogens is 1. The molecule has 0 aromatic heterocycles. The largest absolute Gasteiger partial charge is 0.491 e. The lowest BCUT2D eigenvalue weighted by Gasteiger charge is -2.16. The molecule has 1 saturated heterocycles. The summed E-state index contributed by atoms with van der Waals surface area (Å²) >= 11 is 5.92. The molecule has 0 aliphatic carbocycles. The molecule has 1 aromatic carbocycles. The molecule has 1 aromatic rings. The lowest BCUT2D eigenvalue weighted by molar-refractivity contribution is -0.147. The molecule has 6 nitrogen and oxygen atoms in total. The van der Waals surface area contributed by atoms with Gasteiger partial charge in [-0.25, -0.2) is 0 Å². The third-order valence-electron chi connectivity index (χ3n) is 4.78. The van der Waals surface area contributed by atoms with Crippen LogP contribution in [0.4, 0.5) is 0 Å². The summed E-state index contributed by atoms with van der Waals surface area (Å²) in [6.45, 7) is 4.03. The Morgan fingerprint density at radius 2 is 2.16 bits per heavy atom. The first-order valence-corrected chi connectivity index (χ1v) is 11.1. The van der Waals surface area contributed by atoms with Gasteiger partial charge >= 0.3 is 5.97 Å². The minimum absolute atomic E-state index is 0.0825. The fourth-order valence-electron chi connectivity index (χ4n) is 3.25. The topological polar surface area (TPSA) is 85.2 Å². The zero-order valence-electron chi connectivity index (χ0n) is 18.2. The van der Waals surface area contributed by atoms with Gasteiger partial charge in [0.05, 0.1) is 24.9 Å². The number of hydrogen-bond acceptors (Lipinski definition) is 6. The number of rotatable bonds is 12. The molecule has 1 aliphatic rings. The summed E-state index contributed by atoms with van der Waals surface area (Å²) in [6.07, 6.45) is 8.36. The monoisotopic (exact) mass is 452 g/mol. The number of ether oxygens (including phenoxy) is 3. The van der Waals surface area contributed by atoms with Crippen LogP contribution in [0.5, 0.6) is 5.75 Å². The lowest BCUT2D eigenvalue weighted by Crippen LogP contribution is -2.23. The second-order valence-electron chi connectivity index (χ2n) is 7.88. The minimum Gasteiger partial charge on any atom is -0.491 e. The summed E-state index contributed by atoms with van der Waals surface area (Å²) in [5.74, 6) is 0.213. The number of hydrogen-bond donors (Lipinski definition) is 2. The van der Waals surface area contributed by atoms with Crippen molar-refractivity contribution in [3.05, 3.63) is 53.6 Å². The fourth-order valence-corrected chi connectivity index (χ4v) is 3.43. The average molecular weight is 453 g/mol. The van der Waals surface area contributed by atoms with Crippen LogP contribution >= 0.6 is 11.6 Å². The van der Waals surface area contributed by atoms with Gasteiger partial charge in [0.1, 0.15) is 18.5 Å². The zero-order chi connectivity index (χ0) is 22.6. The third-order valence-corrected chi connectivity index (χ3v) is 5.02. The number of allylic oxidation sites excluding steroid dienone is 1. The van der Waals surface area contributed by atoms with Gasteiger partial charge in [-0.3, -0.25) is 4.79 Å². The first-order valence-electron chi connectivity index (χ1n) is 10.7. The van der Waals surface area contributed by atoms with Crippen LogP contribution in [0.15, 0.2) is 48.6 Å². The molecular formula is C24H33ClO6. The normalized spacial score (nSPS) is 22.5. The molecule has 0 amide bonds. The van der Waals surface area contributed by atoms with Crippen molar-refractivity contribution in [1.29, 1.82) is 0 Å².